The van der Waals surface area contributed by atoms with Crippen LogP contribution < -0.4 is 10.6 Å². The maximum Gasteiger partial charge on any atom is 0.323 e. The standard InChI is InChI=1S/C18H34N2O3/c1-6-14(7-2)10-17(19-13(5)21)15-8-9-16(20-15)18(22)23-11-12(3)4/h12,14-17,20H,6-11H2,1-5H3,(H,19,21)/t15?,16-,17+/m1/s1. The molecule has 1 aliphatic rings. The van der Waals surface area contributed by atoms with Crippen LogP contribution in [-0.4, -0.2) is 36.6 Å². The minimum atomic E-state index is -0.239. The summed E-state index contributed by atoms with van der Waals surface area (Å²) in [7, 11) is 0. The lowest BCUT2D eigenvalue weighted by Crippen LogP contribution is -2.50. The van der Waals surface area contributed by atoms with E-state index < -0.39 is 0 Å². The number of esters is 1. The SMILES string of the molecule is CCC(CC)C[C@H](NC(C)=O)C1CC[C@H](C(=O)OCC(C)C)N1. The number of hydrogen-bond donors (Lipinski definition) is 2. The Labute approximate surface area is 140 Å². The van der Waals surface area contributed by atoms with E-state index in [0.717, 1.165) is 32.1 Å². The van der Waals surface area contributed by atoms with Gasteiger partial charge in [-0.2, -0.15) is 0 Å². The summed E-state index contributed by atoms with van der Waals surface area (Å²) >= 11 is 0. The molecule has 134 valence electrons. The lowest BCUT2D eigenvalue weighted by Gasteiger charge is -2.28. The molecular formula is C18H34N2O3. The molecule has 23 heavy (non-hydrogen) atoms. The Bertz CT molecular complexity index is 380. The van der Waals surface area contributed by atoms with Crippen molar-refractivity contribution in [3.05, 3.63) is 0 Å². The first-order chi connectivity index (χ1) is 10.9. The van der Waals surface area contributed by atoms with E-state index in [1.165, 1.54) is 0 Å². The van der Waals surface area contributed by atoms with Crippen molar-refractivity contribution in [2.24, 2.45) is 11.8 Å². The van der Waals surface area contributed by atoms with Gasteiger partial charge in [0.25, 0.3) is 0 Å². The Morgan fingerprint density at radius 3 is 2.39 bits per heavy atom. The van der Waals surface area contributed by atoms with Crippen molar-refractivity contribution in [1.29, 1.82) is 0 Å². The monoisotopic (exact) mass is 326 g/mol. The molecule has 0 radical (unpaired) electrons. The van der Waals surface area contributed by atoms with E-state index in [4.69, 9.17) is 4.74 Å². The second-order valence-electron chi connectivity index (χ2n) is 7.15. The summed E-state index contributed by atoms with van der Waals surface area (Å²) in [6, 6.07) is -0.00638. The molecule has 1 saturated heterocycles. The predicted molar refractivity (Wildman–Crippen MR) is 92.0 cm³/mol. The quantitative estimate of drug-likeness (QED) is 0.639. The second kappa shape index (κ2) is 9.91. The van der Waals surface area contributed by atoms with Crippen LogP contribution in [0.3, 0.4) is 0 Å². The van der Waals surface area contributed by atoms with Crippen molar-refractivity contribution in [3.63, 3.8) is 0 Å². The number of hydrogen-bond acceptors (Lipinski definition) is 4. The van der Waals surface area contributed by atoms with E-state index in [1.807, 2.05) is 13.8 Å². The molecule has 1 aliphatic heterocycles. The molecule has 3 atom stereocenters. The fraction of sp³-hybridized carbons (Fsp3) is 0.889. The number of carbonyl (C=O) groups is 2. The molecule has 1 rings (SSSR count). The second-order valence-corrected chi connectivity index (χ2v) is 7.15. The van der Waals surface area contributed by atoms with Crippen LogP contribution in [0.1, 0.15) is 66.7 Å². The van der Waals surface area contributed by atoms with E-state index in [0.29, 0.717) is 18.4 Å². The lowest BCUT2D eigenvalue weighted by molar-refractivity contribution is -0.146. The Morgan fingerprint density at radius 1 is 1.22 bits per heavy atom. The summed E-state index contributed by atoms with van der Waals surface area (Å²) in [5, 5.41) is 6.46. The molecule has 1 amide bonds. The maximum absolute atomic E-state index is 12.1. The highest BCUT2D eigenvalue weighted by molar-refractivity contribution is 5.76. The molecule has 1 heterocycles. The minimum absolute atomic E-state index is 0.00593. The zero-order valence-electron chi connectivity index (χ0n) is 15.4. The summed E-state index contributed by atoms with van der Waals surface area (Å²) in [4.78, 5) is 23.6. The molecule has 0 spiro atoms. The number of amides is 1. The lowest BCUT2D eigenvalue weighted by atomic mass is 9.90. The van der Waals surface area contributed by atoms with E-state index in [-0.39, 0.29) is 30.0 Å². The first-order valence-electron chi connectivity index (χ1n) is 9.07. The van der Waals surface area contributed by atoms with Crippen molar-refractivity contribution in [3.8, 4) is 0 Å². The van der Waals surface area contributed by atoms with Gasteiger partial charge >= 0.3 is 5.97 Å². The Balaban J connectivity index is 2.59. The van der Waals surface area contributed by atoms with Crippen LogP contribution >= 0.6 is 0 Å². The zero-order chi connectivity index (χ0) is 17.4. The first kappa shape index (κ1) is 19.9. The highest BCUT2D eigenvalue weighted by atomic mass is 16.5. The first-order valence-corrected chi connectivity index (χ1v) is 9.07. The van der Waals surface area contributed by atoms with Gasteiger partial charge < -0.3 is 10.1 Å². The van der Waals surface area contributed by atoms with Gasteiger partial charge in [-0.3, -0.25) is 14.9 Å². The van der Waals surface area contributed by atoms with Gasteiger partial charge in [0.2, 0.25) is 5.91 Å². The Morgan fingerprint density at radius 2 is 1.87 bits per heavy atom. The van der Waals surface area contributed by atoms with Gasteiger partial charge in [0, 0.05) is 19.0 Å². The topological polar surface area (TPSA) is 67.4 Å². The summed E-state index contributed by atoms with van der Waals surface area (Å²) in [5.41, 5.74) is 0. The maximum atomic E-state index is 12.1. The molecule has 5 heteroatoms. The Hall–Kier alpha value is -1.10. The van der Waals surface area contributed by atoms with Crippen molar-refractivity contribution in [2.45, 2.75) is 84.8 Å². The average Bonchev–Trinajstić information content (AvgIpc) is 2.98. The number of carbonyl (C=O) groups excluding carboxylic acids is 2. The van der Waals surface area contributed by atoms with Gasteiger partial charge in [0.05, 0.1) is 6.61 Å². The third kappa shape index (κ3) is 6.90. The third-order valence-corrected chi connectivity index (χ3v) is 4.64. The summed E-state index contributed by atoms with van der Waals surface area (Å²) < 4.78 is 5.33. The number of rotatable bonds is 9. The van der Waals surface area contributed by atoms with Crippen LogP contribution in [0.4, 0.5) is 0 Å². The molecule has 1 fully saturated rings. The van der Waals surface area contributed by atoms with Crippen molar-refractivity contribution in [2.75, 3.05) is 6.61 Å². The van der Waals surface area contributed by atoms with Gasteiger partial charge in [-0.25, -0.2) is 0 Å². The van der Waals surface area contributed by atoms with Crippen molar-refractivity contribution in [1.82, 2.24) is 10.6 Å². The van der Waals surface area contributed by atoms with E-state index in [9.17, 15) is 9.59 Å². The van der Waals surface area contributed by atoms with E-state index in [1.54, 1.807) is 6.92 Å². The number of ether oxygens (including phenoxy) is 1. The van der Waals surface area contributed by atoms with Gasteiger partial charge in [-0.15, -0.1) is 0 Å². The predicted octanol–water partition coefficient (Wildman–Crippen LogP) is 2.64. The summed E-state index contributed by atoms with van der Waals surface area (Å²) in [5.74, 6) is 0.776. The Kier molecular flexibility index (Phi) is 8.59. The van der Waals surface area contributed by atoms with Crippen LogP contribution in [0.15, 0.2) is 0 Å². The van der Waals surface area contributed by atoms with Crippen molar-refractivity contribution < 1.29 is 14.3 Å². The smallest absolute Gasteiger partial charge is 0.323 e. The van der Waals surface area contributed by atoms with Crippen LogP contribution in [0.2, 0.25) is 0 Å². The molecule has 2 N–H and O–H groups in total. The third-order valence-electron chi connectivity index (χ3n) is 4.64. The van der Waals surface area contributed by atoms with Crippen LogP contribution in [0.5, 0.6) is 0 Å². The highest BCUT2D eigenvalue weighted by Gasteiger charge is 2.35. The van der Waals surface area contributed by atoms with Gasteiger partial charge in [0.15, 0.2) is 0 Å². The molecule has 0 aromatic carbocycles. The highest BCUT2D eigenvalue weighted by Crippen LogP contribution is 2.23. The molecule has 0 bridgehead atoms. The van der Waals surface area contributed by atoms with Crippen LogP contribution in [-0.2, 0) is 14.3 Å². The molecule has 1 unspecified atom stereocenters. The van der Waals surface area contributed by atoms with Gasteiger partial charge in [0.1, 0.15) is 6.04 Å². The summed E-state index contributed by atoms with van der Waals surface area (Å²) in [6.45, 7) is 10.5. The molecule has 0 aliphatic carbocycles. The fourth-order valence-corrected chi connectivity index (χ4v) is 3.19. The zero-order valence-corrected chi connectivity index (χ0v) is 15.4. The average molecular weight is 326 g/mol. The van der Waals surface area contributed by atoms with E-state index in [2.05, 4.69) is 24.5 Å². The van der Waals surface area contributed by atoms with Gasteiger partial charge in [-0.05, 0) is 31.1 Å². The molecular weight excluding hydrogens is 292 g/mol. The van der Waals surface area contributed by atoms with Crippen LogP contribution in [0.25, 0.3) is 0 Å². The normalized spacial score (nSPS) is 22.4. The van der Waals surface area contributed by atoms with Crippen LogP contribution in [0, 0.1) is 11.8 Å². The molecule has 0 aromatic heterocycles. The van der Waals surface area contributed by atoms with E-state index >= 15 is 0 Å². The summed E-state index contributed by atoms with van der Waals surface area (Å²) in [6.07, 6.45) is 4.85. The fourth-order valence-electron chi connectivity index (χ4n) is 3.19. The van der Waals surface area contributed by atoms with Crippen molar-refractivity contribution >= 4 is 11.9 Å². The largest absolute Gasteiger partial charge is 0.464 e. The minimum Gasteiger partial charge on any atom is -0.464 e. The molecule has 5 nitrogen and oxygen atoms in total. The molecule has 0 saturated carbocycles. The number of nitrogens with one attached hydrogen (secondary N) is 2. The molecule has 0 aromatic rings. The van der Waals surface area contributed by atoms with Gasteiger partial charge in [-0.1, -0.05) is 40.5 Å².